The maximum absolute atomic E-state index is 4.45. The molecule has 0 saturated heterocycles. The van der Waals surface area contributed by atoms with Crippen molar-refractivity contribution in [3.8, 4) is 0 Å². The van der Waals surface area contributed by atoms with Crippen LogP contribution in [-0.2, 0) is 6.42 Å². The van der Waals surface area contributed by atoms with Gasteiger partial charge in [-0.25, -0.2) is 4.98 Å². The van der Waals surface area contributed by atoms with Crippen molar-refractivity contribution in [1.29, 1.82) is 0 Å². The second kappa shape index (κ2) is 5.27. The Kier molecular flexibility index (Phi) is 3.74. The lowest BCUT2D eigenvalue weighted by molar-refractivity contribution is 0.868. The molecule has 0 aromatic carbocycles. The van der Waals surface area contributed by atoms with E-state index >= 15 is 0 Å². The highest BCUT2D eigenvalue weighted by atomic mass is 32.1. The molecule has 90 valence electrons. The van der Waals surface area contributed by atoms with Gasteiger partial charge in [-0.15, -0.1) is 11.3 Å². The lowest BCUT2D eigenvalue weighted by Crippen LogP contribution is -2.06. The predicted molar refractivity (Wildman–Crippen MR) is 72.5 cm³/mol. The molecule has 2 aromatic heterocycles. The van der Waals surface area contributed by atoms with Crippen LogP contribution >= 0.6 is 11.3 Å². The summed E-state index contributed by atoms with van der Waals surface area (Å²) in [6, 6.07) is 4.27. The lowest BCUT2D eigenvalue weighted by atomic mass is 10.3. The Balaban J connectivity index is 2.08. The van der Waals surface area contributed by atoms with Gasteiger partial charge in [-0.1, -0.05) is 6.92 Å². The SMILES string of the molecule is CCc1cnc(C(C)Nc2ccnc(C)c2)s1. The number of hydrogen-bond donors (Lipinski definition) is 1. The minimum Gasteiger partial charge on any atom is -0.376 e. The van der Waals surface area contributed by atoms with Gasteiger partial charge in [0.15, 0.2) is 0 Å². The summed E-state index contributed by atoms with van der Waals surface area (Å²) in [7, 11) is 0. The first-order chi connectivity index (χ1) is 8.19. The number of nitrogens with zero attached hydrogens (tertiary/aromatic N) is 2. The molecule has 0 amide bonds. The van der Waals surface area contributed by atoms with Crippen LogP contribution in [0.1, 0.15) is 35.5 Å². The van der Waals surface area contributed by atoms with Gasteiger partial charge < -0.3 is 5.32 Å². The number of thiazole rings is 1. The molecule has 1 unspecified atom stereocenters. The van der Waals surface area contributed by atoms with Crippen molar-refractivity contribution < 1.29 is 0 Å². The third-order valence-corrected chi connectivity index (χ3v) is 3.89. The Morgan fingerprint density at radius 2 is 2.24 bits per heavy atom. The first-order valence-corrected chi connectivity index (χ1v) is 6.64. The number of aromatic nitrogens is 2. The van der Waals surface area contributed by atoms with Crippen LogP contribution in [0.5, 0.6) is 0 Å². The molecule has 1 N–H and O–H groups in total. The molecule has 0 bridgehead atoms. The summed E-state index contributed by atoms with van der Waals surface area (Å²) in [6.45, 7) is 6.28. The van der Waals surface area contributed by atoms with Crippen LogP contribution in [0, 0.1) is 6.92 Å². The van der Waals surface area contributed by atoms with Crippen LogP contribution in [0.3, 0.4) is 0 Å². The molecule has 2 heterocycles. The molecule has 17 heavy (non-hydrogen) atoms. The highest BCUT2D eigenvalue weighted by Gasteiger charge is 2.09. The van der Waals surface area contributed by atoms with Gasteiger partial charge in [-0.2, -0.15) is 0 Å². The van der Waals surface area contributed by atoms with Gasteiger partial charge >= 0.3 is 0 Å². The molecule has 0 aliphatic carbocycles. The maximum Gasteiger partial charge on any atom is 0.115 e. The van der Waals surface area contributed by atoms with E-state index in [1.54, 1.807) is 11.3 Å². The van der Waals surface area contributed by atoms with Crippen molar-refractivity contribution in [2.24, 2.45) is 0 Å². The molecule has 0 radical (unpaired) electrons. The second-order valence-electron chi connectivity index (χ2n) is 4.07. The fraction of sp³-hybridized carbons (Fsp3) is 0.385. The monoisotopic (exact) mass is 247 g/mol. The number of aryl methyl sites for hydroxylation is 2. The number of nitrogens with one attached hydrogen (secondary N) is 1. The van der Waals surface area contributed by atoms with Crippen molar-refractivity contribution in [2.45, 2.75) is 33.2 Å². The van der Waals surface area contributed by atoms with Crippen molar-refractivity contribution >= 4 is 17.0 Å². The molecule has 2 rings (SSSR count). The number of hydrogen-bond acceptors (Lipinski definition) is 4. The molecule has 1 atom stereocenters. The van der Waals surface area contributed by atoms with E-state index in [1.165, 1.54) is 4.88 Å². The zero-order valence-corrected chi connectivity index (χ0v) is 11.2. The Bertz CT molecular complexity index is 493. The molecular weight excluding hydrogens is 230 g/mol. The van der Waals surface area contributed by atoms with Gasteiger partial charge in [0.05, 0.1) is 6.04 Å². The summed E-state index contributed by atoms with van der Waals surface area (Å²) in [5.74, 6) is 0. The van der Waals surface area contributed by atoms with E-state index in [2.05, 4.69) is 29.1 Å². The Hall–Kier alpha value is -1.42. The quantitative estimate of drug-likeness (QED) is 0.897. The Morgan fingerprint density at radius 1 is 1.41 bits per heavy atom. The first-order valence-electron chi connectivity index (χ1n) is 5.83. The predicted octanol–water partition coefficient (Wildman–Crippen LogP) is 3.58. The van der Waals surface area contributed by atoms with Crippen LogP contribution in [0.25, 0.3) is 0 Å². The molecular formula is C13H17N3S. The zero-order valence-electron chi connectivity index (χ0n) is 10.4. The van der Waals surface area contributed by atoms with E-state index in [4.69, 9.17) is 0 Å². The molecule has 4 heteroatoms. The molecule has 2 aromatic rings. The normalized spacial score (nSPS) is 12.4. The van der Waals surface area contributed by atoms with Crippen molar-refractivity contribution in [3.63, 3.8) is 0 Å². The van der Waals surface area contributed by atoms with E-state index in [0.29, 0.717) is 0 Å². The second-order valence-corrected chi connectivity index (χ2v) is 5.22. The smallest absolute Gasteiger partial charge is 0.115 e. The third-order valence-electron chi connectivity index (χ3n) is 2.57. The molecule has 0 aliphatic heterocycles. The van der Waals surface area contributed by atoms with Gasteiger partial charge in [0.2, 0.25) is 0 Å². The van der Waals surface area contributed by atoms with Gasteiger partial charge in [0.25, 0.3) is 0 Å². The summed E-state index contributed by atoms with van der Waals surface area (Å²) >= 11 is 1.78. The van der Waals surface area contributed by atoms with Crippen molar-refractivity contribution in [2.75, 3.05) is 5.32 Å². The molecule has 0 spiro atoms. The average Bonchev–Trinajstić information content (AvgIpc) is 2.77. The van der Waals surface area contributed by atoms with E-state index in [9.17, 15) is 0 Å². The summed E-state index contributed by atoms with van der Waals surface area (Å²) in [4.78, 5) is 9.96. The molecule has 0 saturated carbocycles. The maximum atomic E-state index is 4.45. The Morgan fingerprint density at radius 3 is 2.88 bits per heavy atom. The molecule has 0 aliphatic rings. The lowest BCUT2D eigenvalue weighted by Gasteiger charge is -2.12. The van der Waals surface area contributed by atoms with Gasteiger partial charge in [0, 0.05) is 28.7 Å². The van der Waals surface area contributed by atoms with Crippen LogP contribution in [0.15, 0.2) is 24.5 Å². The van der Waals surface area contributed by atoms with Crippen LogP contribution in [-0.4, -0.2) is 9.97 Å². The zero-order chi connectivity index (χ0) is 12.3. The summed E-state index contributed by atoms with van der Waals surface area (Å²) in [5.41, 5.74) is 2.12. The third kappa shape index (κ3) is 3.03. The fourth-order valence-electron chi connectivity index (χ4n) is 1.63. The first kappa shape index (κ1) is 12.0. The Labute approximate surface area is 106 Å². The number of anilines is 1. The van der Waals surface area contributed by atoms with Crippen LogP contribution < -0.4 is 5.32 Å². The van der Waals surface area contributed by atoms with Crippen molar-refractivity contribution in [1.82, 2.24) is 9.97 Å². The van der Waals surface area contributed by atoms with Gasteiger partial charge in [0.1, 0.15) is 5.01 Å². The summed E-state index contributed by atoms with van der Waals surface area (Å²) in [6.07, 6.45) is 4.85. The average molecular weight is 247 g/mol. The van der Waals surface area contributed by atoms with E-state index < -0.39 is 0 Å². The minimum absolute atomic E-state index is 0.238. The van der Waals surface area contributed by atoms with Crippen LogP contribution in [0.4, 0.5) is 5.69 Å². The summed E-state index contributed by atoms with van der Waals surface area (Å²) < 4.78 is 0. The highest BCUT2D eigenvalue weighted by molar-refractivity contribution is 7.11. The molecule has 3 nitrogen and oxygen atoms in total. The molecule has 0 fully saturated rings. The van der Waals surface area contributed by atoms with E-state index in [0.717, 1.165) is 22.8 Å². The van der Waals surface area contributed by atoms with Crippen molar-refractivity contribution in [3.05, 3.63) is 40.1 Å². The summed E-state index contributed by atoms with van der Waals surface area (Å²) in [5, 5.41) is 4.58. The number of rotatable bonds is 4. The van der Waals surface area contributed by atoms with E-state index in [1.807, 2.05) is 31.5 Å². The van der Waals surface area contributed by atoms with E-state index in [-0.39, 0.29) is 6.04 Å². The largest absolute Gasteiger partial charge is 0.376 e. The highest BCUT2D eigenvalue weighted by Crippen LogP contribution is 2.23. The van der Waals surface area contributed by atoms with Gasteiger partial charge in [-0.05, 0) is 32.4 Å². The minimum atomic E-state index is 0.238. The topological polar surface area (TPSA) is 37.8 Å². The van der Waals surface area contributed by atoms with Gasteiger partial charge in [-0.3, -0.25) is 4.98 Å². The van der Waals surface area contributed by atoms with Crippen LogP contribution in [0.2, 0.25) is 0 Å². The standard InChI is InChI=1S/C13H17N3S/c1-4-12-8-15-13(17-12)10(3)16-11-5-6-14-9(2)7-11/h5-8,10H,4H2,1-3H3,(H,14,16). The number of pyridine rings is 1. The fourth-order valence-corrected chi connectivity index (χ4v) is 2.49.